The third kappa shape index (κ3) is 3.39. The number of para-hydroxylation sites is 1. The average Bonchev–Trinajstić information content (AvgIpc) is 3.01. The number of nitrogens with one attached hydrogen (secondary N) is 1. The SMILES string of the molecule is CCCCSc1nnc2c(n1)OC(c1ccc(C)o1)Nc1ccccc1-2. The number of nitrogens with zero attached hydrogens (tertiary/aromatic N) is 3. The van der Waals surface area contributed by atoms with Gasteiger partial charge in [-0.05, 0) is 31.5 Å². The molecule has 0 fully saturated rings. The zero-order valence-electron chi connectivity index (χ0n) is 14.7. The number of ether oxygens (including phenoxy) is 1. The molecule has 3 heterocycles. The summed E-state index contributed by atoms with van der Waals surface area (Å²) in [6.07, 6.45) is 1.78. The molecule has 0 saturated carbocycles. The fourth-order valence-corrected chi connectivity index (χ4v) is 3.60. The Kier molecular flexibility index (Phi) is 4.79. The monoisotopic (exact) mass is 368 g/mol. The number of fused-ring (bicyclic) bond motifs is 3. The number of anilines is 1. The van der Waals surface area contributed by atoms with Crippen molar-refractivity contribution < 1.29 is 9.15 Å². The van der Waals surface area contributed by atoms with E-state index in [0.717, 1.165) is 35.6 Å². The predicted molar refractivity (Wildman–Crippen MR) is 101 cm³/mol. The molecule has 3 aromatic rings. The molecule has 1 unspecified atom stereocenters. The zero-order valence-corrected chi connectivity index (χ0v) is 15.5. The lowest BCUT2D eigenvalue weighted by atomic mass is 10.1. The Bertz CT molecular complexity index is 912. The van der Waals surface area contributed by atoms with Gasteiger partial charge in [-0.25, -0.2) is 0 Å². The minimum absolute atomic E-state index is 0.468. The topological polar surface area (TPSA) is 73.1 Å². The summed E-state index contributed by atoms with van der Waals surface area (Å²) in [6.45, 7) is 4.08. The molecule has 1 aromatic carbocycles. The van der Waals surface area contributed by atoms with Gasteiger partial charge in [0.25, 0.3) is 0 Å². The minimum Gasteiger partial charge on any atom is -0.460 e. The van der Waals surface area contributed by atoms with Crippen LogP contribution in [0.15, 0.2) is 46.0 Å². The van der Waals surface area contributed by atoms with Crippen molar-refractivity contribution in [1.29, 1.82) is 0 Å². The van der Waals surface area contributed by atoms with E-state index in [1.807, 2.05) is 43.3 Å². The highest BCUT2D eigenvalue weighted by Gasteiger charge is 2.27. The van der Waals surface area contributed by atoms with Gasteiger partial charge in [0.1, 0.15) is 5.76 Å². The first-order valence-corrected chi connectivity index (χ1v) is 9.69. The van der Waals surface area contributed by atoms with E-state index in [2.05, 4.69) is 27.4 Å². The molecule has 0 spiro atoms. The maximum Gasteiger partial charge on any atom is 0.247 e. The average molecular weight is 368 g/mol. The second-order valence-electron chi connectivity index (χ2n) is 6.09. The van der Waals surface area contributed by atoms with Crippen LogP contribution in [0.1, 0.15) is 37.5 Å². The molecule has 2 aromatic heterocycles. The summed E-state index contributed by atoms with van der Waals surface area (Å²) in [4.78, 5) is 4.61. The van der Waals surface area contributed by atoms with Gasteiger partial charge in [0.05, 0.1) is 0 Å². The van der Waals surface area contributed by atoms with Crippen molar-refractivity contribution in [2.24, 2.45) is 0 Å². The summed E-state index contributed by atoms with van der Waals surface area (Å²) in [7, 11) is 0. The lowest BCUT2D eigenvalue weighted by Gasteiger charge is -2.16. The van der Waals surface area contributed by atoms with Crippen molar-refractivity contribution in [3.05, 3.63) is 47.9 Å². The third-order valence-electron chi connectivity index (χ3n) is 4.08. The second-order valence-corrected chi connectivity index (χ2v) is 7.15. The zero-order chi connectivity index (χ0) is 17.9. The van der Waals surface area contributed by atoms with Crippen LogP contribution in [0.25, 0.3) is 11.3 Å². The van der Waals surface area contributed by atoms with E-state index < -0.39 is 6.23 Å². The lowest BCUT2D eigenvalue weighted by molar-refractivity contribution is 0.194. The van der Waals surface area contributed by atoms with Crippen molar-refractivity contribution in [2.45, 2.75) is 38.1 Å². The third-order valence-corrected chi connectivity index (χ3v) is 5.01. The number of thioether (sulfide) groups is 1. The largest absolute Gasteiger partial charge is 0.460 e. The first-order valence-electron chi connectivity index (χ1n) is 8.71. The molecule has 1 aliphatic rings. The van der Waals surface area contributed by atoms with Crippen molar-refractivity contribution in [3.63, 3.8) is 0 Å². The molecule has 1 N–H and O–H groups in total. The first kappa shape index (κ1) is 16.9. The summed E-state index contributed by atoms with van der Waals surface area (Å²) in [5, 5.41) is 12.7. The number of aryl methyl sites for hydroxylation is 1. The van der Waals surface area contributed by atoms with Gasteiger partial charge in [0, 0.05) is 17.0 Å². The number of furan rings is 1. The molecular formula is C19H20N4O2S. The number of unbranched alkanes of at least 4 members (excludes halogenated alkanes) is 1. The molecule has 0 bridgehead atoms. The fraction of sp³-hybridized carbons (Fsp3) is 0.316. The molecule has 0 saturated heterocycles. The van der Waals surface area contributed by atoms with Crippen LogP contribution >= 0.6 is 11.8 Å². The van der Waals surface area contributed by atoms with Crippen molar-refractivity contribution in [1.82, 2.24) is 15.2 Å². The van der Waals surface area contributed by atoms with E-state index in [1.54, 1.807) is 11.8 Å². The Hall–Kier alpha value is -2.54. The molecule has 0 amide bonds. The smallest absolute Gasteiger partial charge is 0.247 e. The van der Waals surface area contributed by atoms with Gasteiger partial charge in [0.15, 0.2) is 11.5 Å². The van der Waals surface area contributed by atoms with Crippen LogP contribution < -0.4 is 10.1 Å². The minimum atomic E-state index is -0.476. The Morgan fingerprint density at radius 2 is 2.04 bits per heavy atom. The van der Waals surface area contributed by atoms with Crippen molar-refractivity contribution >= 4 is 17.4 Å². The van der Waals surface area contributed by atoms with Gasteiger partial charge in [-0.3, -0.25) is 0 Å². The number of rotatable bonds is 5. The highest BCUT2D eigenvalue weighted by molar-refractivity contribution is 7.99. The molecule has 1 aliphatic heterocycles. The predicted octanol–water partition coefficient (Wildman–Crippen LogP) is 4.84. The van der Waals surface area contributed by atoms with Gasteiger partial charge in [-0.2, -0.15) is 4.98 Å². The van der Waals surface area contributed by atoms with Crippen LogP contribution in [0.5, 0.6) is 5.88 Å². The molecule has 1 atom stereocenters. The van der Waals surface area contributed by atoms with E-state index >= 15 is 0 Å². The quantitative estimate of drug-likeness (QED) is 0.510. The van der Waals surface area contributed by atoms with Crippen LogP contribution in [-0.2, 0) is 0 Å². The van der Waals surface area contributed by atoms with Crippen molar-refractivity contribution in [3.8, 4) is 17.1 Å². The van der Waals surface area contributed by atoms with Crippen LogP contribution in [0, 0.1) is 6.92 Å². The van der Waals surface area contributed by atoms with E-state index in [-0.39, 0.29) is 0 Å². The van der Waals surface area contributed by atoms with Gasteiger partial charge < -0.3 is 14.5 Å². The maximum absolute atomic E-state index is 6.15. The molecule has 4 rings (SSSR count). The molecule has 0 aliphatic carbocycles. The number of benzene rings is 1. The number of aromatic nitrogens is 3. The van der Waals surface area contributed by atoms with E-state index in [0.29, 0.717) is 22.5 Å². The molecule has 26 heavy (non-hydrogen) atoms. The summed E-state index contributed by atoms with van der Waals surface area (Å²) in [5.74, 6) is 2.96. The molecule has 6 nitrogen and oxygen atoms in total. The van der Waals surface area contributed by atoms with Gasteiger partial charge in [-0.15, -0.1) is 10.2 Å². The van der Waals surface area contributed by atoms with Gasteiger partial charge in [0.2, 0.25) is 17.3 Å². The van der Waals surface area contributed by atoms with Gasteiger partial charge in [-0.1, -0.05) is 43.3 Å². The van der Waals surface area contributed by atoms with Crippen LogP contribution in [0.3, 0.4) is 0 Å². The molecule has 0 radical (unpaired) electrons. The first-order chi connectivity index (χ1) is 12.7. The van der Waals surface area contributed by atoms with E-state index in [1.165, 1.54) is 0 Å². The normalized spacial score (nSPS) is 15.4. The summed E-state index contributed by atoms with van der Waals surface area (Å²) in [6, 6.07) is 11.7. The van der Waals surface area contributed by atoms with E-state index in [9.17, 15) is 0 Å². The van der Waals surface area contributed by atoms with Crippen LogP contribution in [0.2, 0.25) is 0 Å². The van der Waals surface area contributed by atoms with Crippen LogP contribution in [0.4, 0.5) is 5.69 Å². The summed E-state index contributed by atoms with van der Waals surface area (Å²) in [5.41, 5.74) is 2.46. The Morgan fingerprint density at radius 1 is 1.15 bits per heavy atom. The Balaban J connectivity index is 1.73. The number of hydrogen-bond donors (Lipinski definition) is 1. The molecule has 134 valence electrons. The standard InChI is InChI=1S/C19H20N4O2S/c1-3-4-11-26-19-21-18-16(22-23-19)13-7-5-6-8-14(13)20-17(25-18)15-10-9-12(2)24-15/h5-10,17,20H,3-4,11H2,1-2H3. The van der Waals surface area contributed by atoms with Crippen molar-refractivity contribution in [2.75, 3.05) is 11.1 Å². The highest BCUT2D eigenvalue weighted by Crippen LogP contribution is 2.39. The number of hydrogen-bond acceptors (Lipinski definition) is 7. The second kappa shape index (κ2) is 7.37. The molecular weight excluding hydrogens is 348 g/mol. The Labute approximate surface area is 156 Å². The Morgan fingerprint density at radius 3 is 2.85 bits per heavy atom. The lowest BCUT2D eigenvalue weighted by Crippen LogP contribution is -2.16. The summed E-state index contributed by atoms with van der Waals surface area (Å²) >= 11 is 1.60. The van der Waals surface area contributed by atoms with E-state index in [4.69, 9.17) is 9.15 Å². The fourth-order valence-electron chi connectivity index (χ4n) is 2.74. The highest BCUT2D eigenvalue weighted by atomic mass is 32.2. The van der Waals surface area contributed by atoms with Gasteiger partial charge >= 0.3 is 0 Å². The van der Waals surface area contributed by atoms with Crippen LogP contribution in [-0.4, -0.2) is 20.9 Å². The maximum atomic E-state index is 6.15. The summed E-state index contributed by atoms with van der Waals surface area (Å²) < 4.78 is 11.9. The molecule has 7 heteroatoms.